The third-order valence-electron chi connectivity index (χ3n) is 4.09. The van der Waals surface area contributed by atoms with Crippen LogP contribution in [-0.4, -0.2) is 6.54 Å². The first-order chi connectivity index (χ1) is 10.3. The normalized spacial score (nSPS) is 12.9. The van der Waals surface area contributed by atoms with Crippen molar-refractivity contribution in [1.29, 1.82) is 0 Å². The summed E-state index contributed by atoms with van der Waals surface area (Å²) in [5.41, 5.74) is 2.27. The molecule has 0 radical (unpaired) electrons. The van der Waals surface area contributed by atoms with Gasteiger partial charge >= 0.3 is 0 Å². The predicted octanol–water partition coefficient (Wildman–Crippen LogP) is 5.75. The average Bonchev–Trinajstić information content (AvgIpc) is 2.92. The van der Waals surface area contributed by atoms with Crippen LogP contribution in [0.4, 0.5) is 0 Å². The maximum Gasteiger partial charge on any atom is 0.137 e. The van der Waals surface area contributed by atoms with E-state index in [1.165, 1.54) is 43.1 Å². The van der Waals surface area contributed by atoms with Gasteiger partial charge in [0, 0.05) is 5.39 Å². The van der Waals surface area contributed by atoms with Gasteiger partial charge in [0.1, 0.15) is 11.3 Å². The van der Waals surface area contributed by atoms with E-state index in [-0.39, 0.29) is 0 Å². The number of nitrogens with one attached hydrogen (secondary N) is 1. The molecule has 1 heterocycles. The summed E-state index contributed by atoms with van der Waals surface area (Å²) in [6.07, 6.45) is 7.53. The Bertz CT molecular complexity index is 543. The minimum atomic E-state index is 0.355. The third-order valence-corrected chi connectivity index (χ3v) is 4.09. The van der Waals surface area contributed by atoms with Crippen molar-refractivity contribution in [1.82, 2.24) is 5.32 Å². The molecule has 116 valence electrons. The highest BCUT2D eigenvalue weighted by molar-refractivity contribution is 5.80. The molecule has 2 aromatic rings. The molecule has 2 nitrogen and oxygen atoms in total. The topological polar surface area (TPSA) is 25.2 Å². The Balaban J connectivity index is 2.11. The maximum atomic E-state index is 6.15. The van der Waals surface area contributed by atoms with Crippen LogP contribution in [-0.2, 0) is 0 Å². The standard InChI is InChI=1S/C19H29NO/c1-4-6-7-8-12-17(20-13-5-2)18-14-16-11-9-10-15(3)19(16)21-18/h9-11,14,17,20H,4-8,12-13H2,1-3H3. The van der Waals surface area contributed by atoms with E-state index in [1.807, 2.05) is 0 Å². The molecule has 0 aliphatic rings. The zero-order valence-electron chi connectivity index (χ0n) is 13.7. The highest BCUT2D eigenvalue weighted by atomic mass is 16.3. The fourth-order valence-electron chi connectivity index (χ4n) is 2.84. The molecule has 0 bridgehead atoms. The molecule has 0 saturated heterocycles. The largest absolute Gasteiger partial charge is 0.459 e. The molecule has 0 amide bonds. The van der Waals surface area contributed by atoms with Gasteiger partial charge in [-0.1, -0.05) is 57.7 Å². The van der Waals surface area contributed by atoms with Gasteiger partial charge in [0.2, 0.25) is 0 Å². The molecule has 1 aromatic carbocycles. The average molecular weight is 287 g/mol. The molecule has 2 rings (SSSR count). The molecule has 0 aliphatic carbocycles. The lowest BCUT2D eigenvalue weighted by Gasteiger charge is -2.16. The van der Waals surface area contributed by atoms with Crippen LogP contribution in [0.25, 0.3) is 11.0 Å². The van der Waals surface area contributed by atoms with Gasteiger partial charge in [0.25, 0.3) is 0 Å². The lowest BCUT2D eigenvalue weighted by atomic mass is 10.0. The fourth-order valence-corrected chi connectivity index (χ4v) is 2.84. The highest BCUT2D eigenvalue weighted by Crippen LogP contribution is 2.29. The summed E-state index contributed by atoms with van der Waals surface area (Å²) in [6, 6.07) is 8.94. The molecule has 2 heteroatoms. The number of benzene rings is 1. The van der Waals surface area contributed by atoms with Crippen molar-refractivity contribution in [3.05, 3.63) is 35.6 Å². The Morgan fingerprint density at radius 2 is 1.95 bits per heavy atom. The molecule has 0 saturated carbocycles. The molecule has 21 heavy (non-hydrogen) atoms. The summed E-state index contributed by atoms with van der Waals surface area (Å²) in [4.78, 5) is 0. The second-order valence-electron chi connectivity index (χ2n) is 6.00. The van der Waals surface area contributed by atoms with Crippen molar-refractivity contribution in [3.8, 4) is 0 Å². The van der Waals surface area contributed by atoms with E-state index in [9.17, 15) is 0 Å². The van der Waals surface area contributed by atoms with E-state index in [0.717, 1.165) is 24.3 Å². The van der Waals surface area contributed by atoms with E-state index in [4.69, 9.17) is 4.42 Å². The highest BCUT2D eigenvalue weighted by Gasteiger charge is 2.16. The molecule has 0 fully saturated rings. The molecular formula is C19H29NO. The van der Waals surface area contributed by atoms with E-state index in [0.29, 0.717) is 6.04 Å². The lowest BCUT2D eigenvalue weighted by Crippen LogP contribution is -2.21. The summed E-state index contributed by atoms with van der Waals surface area (Å²) >= 11 is 0. The number of fused-ring (bicyclic) bond motifs is 1. The van der Waals surface area contributed by atoms with Gasteiger partial charge in [-0.15, -0.1) is 0 Å². The van der Waals surface area contributed by atoms with Gasteiger partial charge in [-0.05, 0) is 37.9 Å². The van der Waals surface area contributed by atoms with Gasteiger partial charge in [-0.3, -0.25) is 0 Å². The fraction of sp³-hybridized carbons (Fsp3) is 0.579. The van der Waals surface area contributed by atoms with Gasteiger partial charge in [-0.2, -0.15) is 0 Å². The number of aryl methyl sites for hydroxylation is 1. The van der Waals surface area contributed by atoms with Crippen LogP contribution in [0.5, 0.6) is 0 Å². The Morgan fingerprint density at radius 1 is 1.10 bits per heavy atom. The smallest absolute Gasteiger partial charge is 0.137 e. The van der Waals surface area contributed by atoms with Crippen LogP contribution in [0.1, 0.15) is 69.7 Å². The predicted molar refractivity (Wildman–Crippen MR) is 90.7 cm³/mol. The monoisotopic (exact) mass is 287 g/mol. The van der Waals surface area contributed by atoms with E-state index >= 15 is 0 Å². The number of unbranched alkanes of at least 4 members (excludes halogenated alkanes) is 3. The first-order valence-corrected chi connectivity index (χ1v) is 8.48. The summed E-state index contributed by atoms with van der Waals surface area (Å²) in [7, 11) is 0. The summed E-state index contributed by atoms with van der Waals surface area (Å²) in [6.45, 7) is 7.64. The second-order valence-corrected chi connectivity index (χ2v) is 6.00. The first kappa shape index (κ1) is 16.1. The van der Waals surface area contributed by atoms with Crippen LogP contribution in [0.15, 0.2) is 28.7 Å². The number of furan rings is 1. The zero-order chi connectivity index (χ0) is 15.1. The third kappa shape index (κ3) is 4.34. The number of para-hydroxylation sites is 1. The van der Waals surface area contributed by atoms with Gasteiger partial charge < -0.3 is 9.73 Å². The van der Waals surface area contributed by atoms with Gasteiger partial charge in [-0.25, -0.2) is 0 Å². The second kappa shape index (κ2) is 8.23. The van der Waals surface area contributed by atoms with Crippen LogP contribution in [0.3, 0.4) is 0 Å². The molecule has 1 unspecified atom stereocenters. The molecule has 0 spiro atoms. The lowest BCUT2D eigenvalue weighted by molar-refractivity contribution is 0.397. The zero-order valence-corrected chi connectivity index (χ0v) is 13.7. The Labute approximate surface area is 128 Å². The Morgan fingerprint density at radius 3 is 2.67 bits per heavy atom. The van der Waals surface area contributed by atoms with E-state index in [1.54, 1.807) is 0 Å². The number of hydrogen-bond donors (Lipinski definition) is 1. The first-order valence-electron chi connectivity index (χ1n) is 8.48. The van der Waals surface area contributed by atoms with Crippen molar-refractivity contribution in [2.24, 2.45) is 0 Å². The van der Waals surface area contributed by atoms with Crippen molar-refractivity contribution in [2.45, 2.75) is 65.3 Å². The molecule has 1 atom stereocenters. The van der Waals surface area contributed by atoms with Crippen LogP contribution in [0.2, 0.25) is 0 Å². The van der Waals surface area contributed by atoms with Gasteiger partial charge in [0.05, 0.1) is 6.04 Å². The van der Waals surface area contributed by atoms with Crippen LogP contribution < -0.4 is 5.32 Å². The maximum absolute atomic E-state index is 6.15. The van der Waals surface area contributed by atoms with Crippen molar-refractivity contribution in [2.75, 3.05) is 6.54 Å². The molecular weight excluding hydrogens is 258 g/mol. The Hall–Kier alpha value is -1.28. The summed E-state index contributed by atoms with van der Waals surface area (Å²) in [5.74, 6) is 1.10. The van der Waals surface area contributed by atoms with Crippen molar-refractivity contribution in [3.63, 3.8) is 0 Å². The Kier molecular flexibility index (Phi) is 6.31. The molecule has 0 aliphatic heterocycles. The van der Waals surface area contributed by atoms with Crippen LogP contribution >= 0.6 is 0 Å². The van der Waals surface area contributed by atoms with E-state index < -0.39 is 0 Å². The van der Waals surface area contributed by atoms with Gasteiger partial charge in [0.15, 0.2) is 0 Å². The minimum absolute atomic E-state index is 0.355. The number of hydrogen-bond acceptors (Lipinski definition) is 2. The summed E-state index contributed by atoms with van der Waals surface area (Å²) < 4.78 is 6.15. The van der Waals surface area contributed by atoms with Crippen molar-refractivity contribution < 1.29 is 4.42 Å². The van der Waals surface area contributed by atoms with Crippen LogP contribution in [0, 0.1) is 6.92 Å². The number of rotatable bonds is 9. The molecule has 1 aromatic heterocycles. The summed E-state index contributed by atoms with van der Waals surface area (Å²) in [5, 5.41) is 4.87. The van der Waals surface area contributed by atoms with Crippen molar-refractivity contribution >= 4 is 11.0 Å². The minimum Gasteiger partial charge on any atom is -0.459 e. The quantitative estimate of drug-likeness (QED) is 0.594. The van der Waals surface area contributed by atoms with E-state index in [2.05, 4.69) is 50.4 Å². The molecule has 1 N–H and O–H groups in total. The SMILES string of the molecule is CCCCCCC(NCCC)c1cc2cccc(C)c2o1.